The molecule has 6 aromatic rings. The van der Waals surface area contributed by atoms with Crippen LogP contribution in [0.1, 0.15) is 73.9 Å². The number of hydrogen-bond donors (Lipinski definition) is 1. The Kier molecular flexibility index (Phi) is 8.92. The van der Waals surface area contributed by atoms with Gasteiger partial charge < -0.3 is 23.9 Å². The number of benzene rings is 3. The van der Waals surface area contributed by atoms with Gasteiger partial charge >= 0.3 is 5.97 Å². The molecule has 3 aromatic carbocycles. The molecule has 7 rings (SSSR count). The molecule has 1 atom stereocenters. The van der Waals surface area contributed by atoms with Gasteiger partial charge in [0.05, 0.1) is 46.7 Å². The number of amides is 1. The summed E-state index contributed by atoms with van der Waals surface area (Å²) in [6.07, 6.45) is 2.92. The highest BCUT2D eigenvalue weighted by molar-refractivity contribution is 6.35. The van der Waals surface area contributed by atoms with Gasteiger partial charge in [-0.05, 0) is 107 Å². The minimum atomic E-state index is -0.435. The Balaban J connectivity index is 1.38. The highest BCUT2D eigenvalue weighted by Crippen LogP contribution is 2.45. The van der Waals surface area contributed by atoms with Crippen LogP contribution in [0, 0.1) is 34.6 Å². The topological polar surface area (TPSA) is 94.4 Å². The van der Waals surface area contributed by atoms with Crippen LogP contribution < -0.4 is 9.64 Å². The van der Waals surface area contributed by atoms with Crippen LogP contribution in [-0.2, 0) is 18.2 Å². The third-order valence-corrected chi connectivity index (χ3v) is 11.1. The van der Waals surface area contributed by atoms with E-state index in [9.17, 15) is 4.79 Å². The number of rotatable bonds is 8. The number of nitrogens with one attached hydrogen (secondary N) is 1. The average molecular weight is 727 g/mol. The Bertz CT molecular complexity index is 2380. The molecule has 1 aliphatic heterocycles. The summed E-state index contributed by atoms with van der Waals surface area (Å²) in [6, 6.07) is 11.7. The molecule has 0 aliphatic carbocycles. The first kappa shape index (κ1) is 34.7. The predicted octanol–water partition coefficient (Wildman–Crippen LogP) is 9.39. The zero-order valence-corrected chi connectivity index (χ0v) is 31.6. The summed E-state index contributed by atoms with van der Waals surface area (Å²) in [6.45, 7) is 13.0. The van der Waals surface area contributed by atoms with Crippen LogP contribution in [0.4, 0.5) is 5.69 Å². The van der Waals surface area contributed by atoms with E-state index in [1.165, 1.54) is 7.11 Å². The molecule has 0 spiro atoms. The lowest BCUT2D eigenvalue weighted by Crippen LogP contribution is -2.42. The second kappa shape index (κ2) is 13.1. The van der Waals surface area contributed by atoms with Crippen molar-refractivity contribution in [1.29, 1.82) is 0 Å². The largest absolute Gasteiger partial charge is 0.494 e. The second-order valence-electron chi connectivity index (χ2n) is 13.7. The lowest BCUT2D eigenvalue weighted by atomic mass is 9.98. The van der Waals surface area contributed by atoms with Crippen molar-refractivity contribution in [3.8, 4) is 16.9 Å². The van der Waals surface area contributed by atoms with Crippen molar-refractivity contribution < 1.29 is 19.1 Å². The molecule has 1 amide bonds. The van der Waals surface area contributed by atoms with Crippen molar-refractivity contribution in [2.45, 2.75) is 60.4 Å². The SMILES string of the molecule is COC(=O)c1c[nH]c2c(N3C[C@@H](C)n4c(c(CCCOc5cc(C)c(Cl)c(C)c5)c5ccc(Cl)c(-c6c(C)nn(C)c6C)c54)C3=O)cc(C)cc12. The molecule has 264 valence electrons. The fourth-order valence-corrected chi connectivity index (χ4v) is 8.14. The first-order valence-electron chi connectivity index (χ1n) is 17.1. The van der Waals surface area contributed by atoms with Crippen LogP contribution in [0.25, 0.3) is 32.9 Å². The third kappa shape index (κ3) is 5.67. The van der Waals surface area contributed by atoms with Crippen molar-refractivity contribution in [3.05, 3.63) is 97.5 Å². The van der Waals surface area contributed by atoms with Gasteiger partial charge in [-0.15, -0.1) is 0 Å². The lowest BCUT2D eigenvalue weighted by molar-refractivity contribution is 0.0603. The van der Waals surface area contributed by atoms with Gasteiger partial charge in [-0.2, -0.15) is 5.10 Å². The number of nitrogens with zero attached hydrogens (tertiary/aromatic N) is 4. The molecule has 0 saturated carbocycles. The van der Waals surface area contributed by atoms with Gasteiger partial charge in [-0.25, -0.2) is 4.79 Å². The zero-order chi connectivity index (χ0) is 36.5. The van der Waals surface area contributed by atoms with Crippen LogP contribution in [0.15, 0.2) is 42.6 Å². The van der Waals surface area contributed by atoms with Crippen LogP contribution in [0.5, 0.6) is 5.75 Å². The summed E-state index contributed by atoms with van der Waals surface area (Å²) in [4.78, 5) is 32.8. The number of anilines is 1. The van der Waals surface area contributed by atoms with E-state index in [0.717, 1.165) is 66.4 Å². The number of aryl methyl sites for hydroxylation is 6. The van der Waals surface area contributed by atoms with Crippen LogP contribution >= 0.6 is 23.2 Å². The van der Waals surface area contributed by atoms with Crippen molar-refractivity contribution in [1.82, 2.24) is 19.3 Å². The van der Waals surface area contributed by atoms with Crippen molar-refractivity contribution >= 4 is 62.6 Å². The predicted molar refractivity (Wildman–Crippen MR) is 204 cm³/mol. The number of hydrogen-bond acceptors (Lipinski definition) is 5. The summed E-state index contributed by atoms with van der Waals surface area (Å²) in [5.41, 5.74) is 10.9. The normalized spacial score (nSPS) is 14.5. The second-order valence-corrected chi connectivity index (χ2v) is 14.5. The van der Waals surface area contributed by atoms with Gasteiger partial charge in [-0.3, -0.25) is 9.48 Å². The number of aromatic amines is 1. The standard InChI is InChI=1S/C40H41Cl2N5O4/c1-20-14-29-30(40(49)50-8)18-43-36(29)32(15-20)46-19-23(4)47-37-28(11-12-31(41)34(37)33-24(5)44-45(7)25(33)6)27(38(47)39(46)48)10-9-13-51-26-16-21(2)35(42)22(3)17-26/h11-12,14-18,23,43H,9-10,13,19H2,1-8H3/t23-/m1/s1. The molecule has 4 heterocycles. The number of carbonyl (C=O) groups is 2. The Hall–Kier alpha value is -4.73. The van der Waals surface area contributed by atoms with E-state index < -0.39 is 5.97 Å². The quantitative estimate of drug-likeness (QED) is 0.125. The smallest absolute Gasteiger partial charge is 0.340 e. The average Bonchev–Trinajstić information content (AvgIpc) is 3.74. The van der Waals surface area contributed by atoms with Gasteiger partial charge in [0, 0.05) is 58.4 Å². The van der Waals surface area contributed by atoms with E-state index in [-0.39, 0.29) is 11.9 Å². The zero-order valence-electron chi connectivity index (χ0n) is 30.1. The number of esters is 1. The number of methoxy groups -OCH3 is 1. The minimum Gasteiger partial charge on any atom is -0.494 e. The molecule has 0 radical (unpaired) electrons. The summed E-state index contributed by atoms with van der Waals surface area (Å²) in [5, 5.41) is 7.76. The Labute approximate surface area is 307 Å². The Morgan fingerprint density at radius 2 is 1.75 bits per heavy atom. The fourth-order valence-electron chi connectivity index (χ4n) is 7.78. The maximum atomic E-state index is 15.0. The molecular formula is C40H41Cl2N5O4. The maximum absolute atomic E-state index is 15.0. The lowest BCUT2D eigenvalue weighted by Gasteiger charge is -2.34. The Morgan fingerprint density at radius 1 is 1.02 bits per heavy atom. The number of ether oxygens (including phenoxy) is 2. The summed E-state index contributed by atoms with van der Waals surface area (Å²) < 4.78 is 15.3. The molecule has 51 heavy (non-hydrogen) atoms. The van der Waals surface area contributed by atoms with E-state index >= 15 is 4.79 Å². The third-order valence-electron chi connectivity index (χ3n) is 10.2. The molecule has 0 fully saturated rings. The first-order chi connectivity index (χ1) is 24.3. The molecule has 0 saturated heterocycles. The molecule has 1 aliphatic rings. The Morgan fingerprint density at radius 3 is 2.41 bits per heavy atom. The van der Waals surface area contributed by atoms with Gasteiger partial charge in [0.2, 0.25) is 0 Å². The van der Waals surface area contributed by atoms with E-state index in [2.05, 4.69) is 16.5 Å². The van der Waals surface area contributed by atoms with Crippen molar-refractivity contribution in [2.75, 3.05) is 25.2 Å². The minimum absolute atomic E-state index is 0.119. The number of carbonyl (C=O) groups excluding carboxylic acids is 2. The highest BCUT2D eigenvalue weighted by atomic mass is 35.5. The maximum Gasteiger partial charge on any atom is 0.340 e. The van der Waals surface area contributed by atoms with E-state index in [1.807, 2.05) is 87.6 Å². The molecule has 0 unspecified atom stereocenters. The molecule has 9 nitrogen and oxygen atoms in total. The number of halogens is 2. The van der Waals surface area contributed by atoms with E-state index in [1.54, 1.807) is 6.20 Å². The summed E-state index contributed by atoms with van der Waals surface area (Å²) in [7, 11) is 3.30. The first-order valence-corrected chi connectivity index (χ1v) is 17.8. The number of aromatic nitrogens is 4. The van der Waals surface area contributed by atoms with E-state index in [0.29, 0.717) is 58.9 Å². The van der Waals surface area contributed by atoms with Gasteiger partial charge in [0.15, 0.2) is 0 Å². The van der Waals surface area contributed by atoms with Crippen LogP contribution in [0.2, 0.25) is 10.0 Å². The monoisotopic (exact) mass is 725 g/mol. The highest BCUT2D eigenvalue weighted by Gasteiger charge is 2.37. The van der Waals surface area contributed by atoms with E-state index in [4.69, 9.17) is 37.8 Å². The van der Waals surface area contributed by atoms with Crippen molar-refractivity contribution in [3.63, 3.8) is 0 Å². The molecular weight excluding hydrogens is 685 g/mol. The van der Waals surface area contributed by atoms with Crippen molar-refractivity contribution in [2.24, 2.45) is 7.05 Å². The molecule has 11 heteroatoms. The molecule has 1 N–H and O–H groups in total. The number of fused-ring (bicyclic) bond motifs is 4. The van der Waals surface area contributed by atoms with Crippen LogP contribution in [-0.4, -0.2) is 51.5 Å². The fraction of sp³-hybridized carbons (Fsp3) is 0.325. The van der Waals surface area contributed by atoms with Gasteiger partial charge in [0.25, 0.3) is 5.91 Å². The number of H-pyrrole nitrogens is 1. The summed E-state index contributed by atoms with van der Waals surface area (Å²) in [5.74, 6) is 0.216. The van der Waals surface area contributed by atoms with Gasteiger partial charge in [-0.1, -0.05) is 29.3 Å². The molecule has 0 bridgehead atoms. The van der Waals surface area contributed by atoms with Crippen LogP contribution in [0.3, 0.4) is 0 Å². The summed E-state index contributed by atoms with van der Waals surface area (Å²) >= 11 is 13.5. The van der Waals surface area contributed by atoms with Gasteiger partial charge in [0.1, 0.15) is 11.4 Å². The molecule has 3 aromatic heterocycles.